The number of methoxy groups -OCH3 is 1. The van der Waals surface area contributed by atoms with Crippen molar-refractivity contribution in [1.82, 2.24) is 4.57 Å². The Kier molecular flexibility index (Phi) is 3.55. The lowest BCUT2D eigenvalue weighted by Gasteiger charge is -2.08. The average molecular weight is 247 g/mol. The minimum atomic E-state index is -0.214. The van der Waals surface area contributed by atoms with Crippen molar-refractivity contribution >= 4 is 16.9 Å². The molecule has 0 saturated heterocycles. The van der Waals surface area contributed by atoms with Crippen molar-refractivity contribution in [2.75, 3.05) is 13.7 Å². The number of hydrogen-bond acceptors (Lipinski definition) is 3. The van der Waals surface area contributed by atoms with Gasteiger partial charge in [-0.3, -0.25) is 4.79 Å². The molecule has 0 bridgehead atoms. The van der Waals surface area contributed by atoms with Gasteiger partial charge in [-0.25, -0.2) is 0 Å². The number of esters is 1. The first-order valence-electron chi connectivity index (χ1n) is 5.95. The van der Waals surface area contributed by atoms with Crippen LogP contribution in [0.5, 0.6) is 5.75 Å². The minimum Gasteiger partial charge on any atom is -0.497 e. The van der Waals surface area contributed by atoms with Gasteiger partial charge in [0.05, 0.1) is 13.7 Å². The van der Waals surface area contributed by atoms with E-state index in [0.717, 1.165) is 22.3 Å². The Morgan fingerprint density at radius 3 is 2.78 bits per heavy atom. The van der Waals surface area contributed by atoms with Crippen molar-refractivity contribution in [1.29, 1.82) is 0 Å². The van der Waals surface area contributed by atoms with Crippen LogP contribution >= 0.6 is 0 Å². The quantitative estimate of drug-likeness (QED) is 0.779. The second kappa shape index (κ2) is 5.12. The highest BCUT2D eigenvalue weighted by molar-refractivity contribution is 5.84. The number of ether oxygens (including phenoxy) is 2. The molecule has 0 N–H and O–H groups in total. The molecular formula is C14H17NO3. The molecule has 0 amide bonds. The first-order valence-corrected chi connectivity index (χ1v) is 5.95. The molecule has 4 nitrogen and oxygen atoms in total. The molecule has 4 heteroatoms. The van der Waals surface area contributed by atoms with E-state index in [2.05, 4.69) is 0 Å². The van der Waals surface area contributed by atoms with Crippen LogP contribution < -0.4 is 4.74 Å². The van der Waals surface area contributed by atoms with E-state index in [1.165, 1.54) is 0 Å². The number of aromatic nitrogens is 1. The first-order chi connectivity index (χ1) is 8.65. The van der Waals surface area contributed by atoms with Crippen LogP contribution in [-0.2, 0) is 16.1 Å². The Bertz CT molecular complexity index is 572. The van der Waals surface area contributed by atoms with E-state index in [9.17, 15) is 4.79 Å². The Morgan fingerprint density at radius 1 is 1.33 bits per heavy atom. The highest BCUT2D eigenvalue weighted by atomic mass is 16.5. The molecule has 1 aromatic carbocycles. The van der Waals surface area contributed by atoms with E-state index in [0.29, 0.717) is 6.61 Å². The molecule has 1 heterocycles. The smallest absolute Gasteiger partial charge is 0.325 e. The summed E-state index contributed by atoms with van der Waals surface area (Å²) in [5, 5.41) is 1.07. The van der Waals surface area contributed by atoms with E-state index in [-0.39, 0.29) is 12.5 Å². The summed E-state index contributed by atoms with van der Waals surface area (Å²) in [6, 6.07) is 7.85. The summed E-state index contributed by atoms with van der Waals surface area (Å²) in [6.07, 6.45) is 0. The van der Waals surface area contributed by atoms with Crippen molar-refractivity contribution in [2.45, 2.75) is 20.4 Å². The fraction of sp³-hybridized carbons (Fsp3) is 0.357. The van der Waals surface area contributed by atoms with Gasteiger partial charge < -0.3 is 14.0 Å². The molecule has 2 aromatic rings. The standard InChI is InChI=1S/C14H17NO3/c1-4-18-14(16)9-15-10(2)7-11-8-12(17-3)5-6-13(11)15/h5-8H,4,9H2,1-3H3. The molecule has 0 atom stereocenters. The molecule has 18 heavy (non-hydrogen) atoms. The van der Waals surface area contributed by atoms with Crippen molar-refractivity contribution in [3.8, 4) is 5.75 Å². The Labute approximate surface area is 106 Å². The van der Waals surface area contributed by atoms with Gasteiger partial charge in [0.15, 0.2) is 0 Å². The van der Waals surface area contributed by atoms with Gasteiger partial charge in [-0.15, -0.1) is 0 Å². The molecule has 2 rings (SSSR count). The molecule has 96 valence electrons. The van der Waals surface area contributed by atoms with Crippen LogP contribution in [0.2, 0.25) is 0 Å². The number of rotatable bonds is 4. The van der Waals surface area contributed by atoms with Crippen molar-refractivity contribution in [3.63, 3.8) is 0 Å². The van der Waals surface area contributed by atoms with Crippen molar-refractivity contribution in [3.05, 3.63) is 30.0 Å². The molecule has 0 spiro atoms. The topological polar surface area (TPSA) is 40.5 Å². The lowest BCUT2D eigenvalue weighted by molar-refractivity contribution is -0.143. The first kappa shape index (κ1) is 12.5. The highest BCUT2D eigenvalue weighted by Gasteiger charge is 2.10. The van der Waals surface area contributed by atoms with Gasteiger partial charge in [-0.1, -0.05) is 0 Å². The summed E-state index contributed by atoms with van der Waals surface area (Å²) in [4.78, 5) is 11.6. The monoisotopic (exact) mass is 247 g/mol. The molecule has 1 aromatic heterocycles. The lowest BCUT2D eigenvalue weighted by atomic mass is 10.2. The number of carbonyl (C=O) groups is 1. The fourth-order valence-electron chi connectivity index (χ4n) is 2.06. The van der Waals surface area contributed by atoms with Crippen LogP contribution in [0.3, 0.4) is 0 Å². The number of hydrogen-bond donors (Lipinski definition) is 0. The zero-order chi connectivity index (χ0) is 13.1. The fourth-order valence-corrected chi connectivity index (χ4v) is 2.06. The van der Waals surface area contributed by atoms with Gasteiger partial charge in [-0.2, -0.15) is 0 Å². The Hall–Kier alpha value is -1.97. The summed E-state index contributed by atoms with van der Waals surface area (Å²) >= 11 is 0. The number of nitrogens with zero attached hydrogens (tertiary/aromatic N) is 1. The normalized spacial score (nSPS) is 10.6. The summed E-state index contributed by atoms with van der Waals surface area (Å²) < 4.78 is 12.1. The van der Waals surface area contributed by atoms with E-state index in [4.69, 9.17) is 9.47 Å². The Morgan fingerprint density at radius 2 is 2.11 bits per heavy atom. The third-order valence-electron chi connectivity index (χ3n) is 2.91. The van der Waals surface area contributed by atoms with E-state index in [1.807, 2.05) is 42.7 Å². The second-order valence-electron chi connectivity index (χ2n) is 4.10. The van der Waals surface area contributed by atoms with Gasteiger partial charge in [0.2, 0.25) is 0 Å². The van der Waals surface area contributed by atoms with Gasteiger partial charge in [0, 0.05) is 16.6 Å². The average Bonchev–Trinajstić information content (AvgIpc) is 2.65. The second-order valence-corrected chi connectivity index (χ2v) is 4.10. The molecule has 0 aliphatic carbocycles. The molecule has 0 fully saturated rings. The maximum atomic E-state index is 11.6. The number of carbonyl (C=O) groups excluding carboxylic acids is 1. The van der Waals surface area contributed by atoms with Gasteiger partial charge in [0.1, 0.15) is 12.3 Å². The van der Waals surface area contributed by atoms with Crippen LogP contribution in [0.15, 0.2) is 24.3 Å². The van der Waals surface area contributed by atoms with Gasteiger partial charge in [0.25, 0.3) is 0 Å². The summed E-state index contributed by atoms with van der Waals surface area (Å²) in [7, 11) is 1.64. The highest BCUT2D eigenvalue weighted by Crippen LogP contribution is 2.24. The Balaban J connectivity index is 2.38. The summed E-state index contributed by atoms with van der Waals surface area (Å²) in [5.41, 5.74) is 2.05. The summed E-state index contributed by atoms with van der Waals surface area (Å²) in [6.45, 7) is 4.44. The van der Waals surface area contributed by atoms with E-state index < -0.39 is 0 Å². The van der Waals surface area contributed by atoms with Crippen LogP contribution in [-0.4, -0.2) is 24.3 Å². The number of benzene rings is 1. The summed E-state index contributed by atoms with van der Waals surface area (Å²) in [5.74, 6) is 0.602. The van der Waals surface area contributed by atoms with Crippen LogP contribution in [0.4, 0.5) is 0 Å². The molecular weight excluding hydrogens is 230 g/mol. The van der Waals surface area contributed by atoms with Gasteiger partial charge in [-0.05, 0) is 38.1 Å². The maximum absolute atomic E-state index is 11.6. The zero-order valence-electron chi connectivity index (χ0n) is 10.9. The van der Waals surface area contributed by atoms with E-state index in [1.54, 1.807) is 7.11 Å². The largest absolute Gasteiger partial charge is 0.497 e. The molecule has 0 aliphatic heterocycles. The van der Waals surface area contributed by atoms with Crippen LogP contribution in [0.1, 0.15) is 12.6 Å². The van der Waals surface area contributed by atoms with Crippen molar-refractivity contribution in [2.24, 2.45) is 0 Å². The van der Waals surface area contributed by atoms with Crippen LogP contribution in [0, 0.1) is 6.92 Å². The molecule has 0 unspecified atom stereocenters. The molecule has 0 radical (unpaired) electrons. The lowest BCUT2D eigenvalue weighted by Crippen LogP contribution is -2.14. The van der Waals surface area contributed by atoms with Gasteiger partial charge >= 0.3 is 5.97 Å². The molecule has 0 saturated carbocycles. The number of fused-ring (bicyclic) bond motifs is 1. The van der Waals surface area contributed by atoms with E-state index >= 15 is 0 Å². The zero-order valence-corrected chi connectivity index (χ0v) is 10.9. The van der Waals surface area contributed by atoms with Crippen molar-refractivity contribution < 1.29 is 14.3 Å². The number of aryl methyl sites for hydroxylation is 1. The predicted molar refractivity (Wildman–Crippen MR) is 69.9 cm³/mol. The third-order valence-corrected chi connectivity index (χ3v) is 2.91. The van der Waals surface area contributed by atoms with Crippen LogP contribution in [0.25, 0.3) is 10.9 Å². The predicted octanol–water partition coefficient (Wildman–Crippen LogP) is 2.52. The SMILES string of the molecule is CCOC(=O)Cn1c(C)cc2cc(OC)ccc21. The molecule has 0 aliphatic rings. The maximum Gasteiger partial charge on any atom is 0.325 e. The minimum absolute atomic E-state index is 0.214. The third kappa shape index (κ3) is 2.32.